The molecule has 0 unspecified atom stereocenters. The third-order valence-corrected chi connectivity index (χ3v) is 7.39. The van der Waals surface area contributed by atoms with Crippen LogP contribution in [0.4, 0.5) is 5.82 Å². The van der Waals surface area contributed by atoms with E-state index in [0.717, 1.165) is 53.3 Å². The van der Waals surface area contributed by atoms with E-state index in [9.17, 15) is 9.90 Å². The third kappa shape index (κ3) is 7.16. The lowest BCUT2D eigenvalue weighted by Gasteiger charge is -2.26. The Hall–Kier alpha value is -3.21. The monoisotopic (exact) mass is 485 g/mol. The number of rotatable bonds is 11. The lowest BCUT2D eigenvalue weighted by atomic mass is 9.79. The molecule has 5 nitrogen and oxygen atoms in total. The van der Waals surface area contributed by atoms with Crippen LogP contribution in [0, 0.1) is 11.8 Å². The zero-order chi connectivity index (χ0) is 25.3. The minimum Gasteiger partial charge on any atom is -0.508 e. The molecule has 0 amide bonds. The molecule has 1 aromatic heterocycles. The number of phenolic OH excluding ortho intramolecular Hbond substituents is 1. The molecule has 3 aromatic rings. The number of benzene rings is 2. The van der Waals surface area contributed by atoms with Crippen molar-refractivity contribution in [1.82, 2.24) is 9.97 Å². The van der Waals surface area contributed by atoms with Gasteiger partial charge in [-0.3, -0.25) is 4.79 Å². The van der Waals surface area contributed by atoms with E-state index in [1.165, 1.54) is 25.7 Å². The van der Waals surface area contributed by atoms with E-state index in [1.54, 1.807) is 6.07 Å². The van der Waals surface area contributed by atoms with Crippen LogP contribution in [0.1, 0.15) is 62.8 Å². The molecule has 190 valence electrons. The second kappa shape index (κ2) is 12.7. The Morgan fingerprint density at radius 3 is 2.53 bits per heavy atom. The van der Waals surface area contributed by atoms with Crippen LogP contribution in [0.3, 0.4) is 0 Å². The lowest BCUT2D eigenvalue weighted by Crippen LogP contribution is -2.14. The average molecular weight is 486 g/mol. The number of hydrogen-bond donors (Lipinski definition) is 1. The van der Waals surface area contributed by atoms with Gasteiger partial charge in [0, 0.05) is 38.7 Å². The van der Waals surface area contributed by atoms with Gasteiger partial charge in [-0.05, 0) is 74.1 Å². The van der Waals surface area contributed by atoms with Crippen molar-refractivity contribution in [3.63, 3.8) is 0 Å². The van der Waals surface area contributed by atoms with Crippen molar-refractivity contribution in [2.75, 3.05) is 19.0 Å². The van der Waals surface area contributed by atoms with Crippen molar-refractivity contribution in [3.05, 3.63) is 72.1 Å². The van der Waals surface area contributed by atoms with Crippen molar-refractivity contribution < 1.29 is 9.90 Å². The van der Waals surface area contributed by atoms with E-state index in [0.29, 0.717) is 36.7 Å². The molecule has 1 aliphatic carbocycles. The number of phenols is 1. The van der Waals surface area contributed by atoms with E-state index in [4.69, 9.17) is 9.97 Å². The second-order valence-corrected chi connectivity index (χ2v) is 10.3. The molecule has 1 fully saturated rings. The Labute approximate surface area is 215 Å². The number of carbonyl (C=O) groups excluding carboxylic acids is 1. The van der Waals surface area contributed by atoms with Gasteiger partial charge in [0.25, 0.3) is 0 Å². The van der Waals surface area contributed by atoms with Gasteiger partial charge in [-0.15, -0.1) is 0 Å². The Morgan fingerprint density at radius 1 is 1.00 bits per heavy atom. The van der Waals surface area contributed by atoms with Gasteiger partial charge in [0.05, 0.1) is 5.52 Å². The standard InChI is InChI=1S/C31H39N3O2/c1-34(2)31-27-13-4-5-14-28(27)32-30(33-31)16-8-10-24-19-17-23(18-20-24)9-7-12-26(35)22-21-25-11-3-6-15-29(25)36/h3-6,8,10-11,13-15,23-24,36H,7,9,12,16-22H2,1-2H3/b10-8+. The largest absolute Gasteiger partial charge is 0.508 e. The molecule has 2 aromatic carbocycles. The SMILES string of the molecule is CN(C)c1nc(C/C=C/C2CCC(CCCC(=O)CCc3ccccc3O)CC2)nc2ccccc12. The number of aryl methyl sites for hydroxylation is 1. The number of allylic oxidation sites excluding steroid dienone is 2. The first-order valence-electron chi connectivity index (χ1n) is 13.4. The van der Waals surface area contributed by atoms with Gasteiger partial charge in [-0.25, -0.2) is 9.97 Å². The van der Waals surface area contributed by atoms with Gasteiger partial charge in [-0.2, -0.15) is 0 Å². The molecule has 5 heteroatoms. The molecule has 1 saturated carbocycles. The van der Waals surface area contributed by atoms with Gasteiger partial charge in [-0.1, -0.05) is 48.9 Å². The summed E-state index contributed by atoms with van der Waals surface area (Å²) in [5.41, 5.74) is 1.86. The van der Waals surface area contributed by atoms with E-state index in [-0.39, 0.29) is 0 Å². The highest BCUT2D eigenvalue weighted by atomic mass is 16.3. The number of carbonyl (C=O) groups is 1. The van der Waals surface area contributed by atoms with E-state index >= 15 is 0 Å². The van der Waals surface area contributed by atoms with Crippen LogP contribution in [0.25, 0.3) is 10.9 Å². The highest BCUT2D eigenvalue weighted by Crippen LogP contribution is 2.33. The third-order valence-electron chi connectivity index (χ3n) is 7.39. The van der Waals surface area contributed by atoms with Crippen LogP contribution >= 0.6 is 0 Å². The van der Waals surface area contributed by atoms with Crippen LogP contribution in [0.15, 0.2) is 60.7 Å². The summed E-state index contributed by atoms with van der Waals surface area (Å²) in [6.07, 6.45) is 14.3. The van der Waals surface area contributed by atoms with Crippen molar-refractivity contribution in [2.24, 2.45) is 11.8 Å². The molecule has 1 heterocycles. The quantitative estimate of drug-likeness (QED) is 0.307. The lowest BCUT2D eigenvalue weighted by molar-refractivity contribution is -0.119. The highest BCUT2D eigenvalue weighted by Gasteiger charge is 2.19. The van der Waals surface area contributed by atoms with E-state index < -0.39 is 0 Å². The second-order valence-electron chi connectivity index (χ2n) is 10.3. The van der Waals surface area contributed by atoms with Gasteiger partial charge in [0.2, 0.25) is 0 Å². The van der Waals surface area contributed by atoms with E-state index in [1.807, 2.05) is 44.4 Å². The van der Waals surface area contributed by atoms with Crippen LogP contribution in [-0.2, 0) is 17.6 Å². The summed E-state index contributed by atoms with van der Waals surface area (Å²) < 4.78 is 0. The summed E-state index contributed by atoms with van der Waals surface area (Å²) in [6, 6.07) is 15.5. The first kappa shape index (κ1) is 25.9. The number of anilines is 1. The maximum Gasteiger partial charge on any atom is 0.139 e. The molecule has 36 heavy (non-hydrogen) atoms. The predicted molar refractivity (Wildman–Crippen MR) is 147 cm³/mol. The fourth-order valence-electron chi connectivity index (χ4n) is 5.28. The summed E-state index contributed by atoms with van der Waals surface area (Å²) >= 11 is 0. The van der Waals surface area contributed by atoms with Crippen LogP contribution in [0.5, 0.6) is 5.75 Å². The maximum absolute atomic E-state index is 12.3. The van der Waals surface area contributed by atoms with Crippen molar-refractivity contribution in [1.29, 1.82) is 0 Å². The number of hydrogen-bond acceptors (Lipinski definition) is 5. The number of aromatic hydroxyl groups is 1. The fraction of sp³-hybridized carbons (Fsp3) is 0.452. The number of nitrogens with zero attached hydrogens (tertiary/aromatic N) is 3. The molecule has 1 N–H and O–H groups in total. The highest BCUT2D eigenvalue weighted by molar-refractivity contribution is 5.89. The number of aromatic nitrogens is 2. The number of Topliss-reactive ketones (excluding diaryl/α,β-unsaturated/α-hetero) is 1. The first-order chi connectivity index (χ1) is 17.5. The smallest absolute Gasteiger partial charge is 0.139 e. The number of para-hydroxylation sites is 2. The summed E-state index contributed by atoms with van der Waals surface area (Å²) in [6.45, 7) is 0. The summed E-state index contributed by atoms with van der Waals surface area (Å²) in [5.74, 6) is 3.82. The molecule has 0 spiro atoms. The molecule has 4 rings (SSSR count). The summed E-state index contributed by atoms with van der Waals surface area (Å²) in [7, 11) is 4.05. The van der Waals surface area contributed by atoms with E-state index in [2.05, 4.69) is 29.2 Å². The van der Waals surface area contributed by atoms with Crippen molar-refractivity contribution in [2.45, 2.75) is 64.2 Å². The maximum atomic E-state index is 12.3. The predicted octanol–water partition coefficient (Wildman–Crippen LogP) is 6.68. The van der Waals surface area contributed by atoms with Gasteiger partial charge in [0.1, 0.15) is 23.2 Å². The van der Waals surface area contributed by atoms with Gasteiger partial charge < -0.3 is 10.0 Å². The Kier molecular flexibility index (Phi) is 9.10. The number of ketones is 1. The average Bonchev–Trinajstić information content (AvgIpc) is 2.88. The van der Waals surface area contributed by atoms with Crippen LogP contribution < -0.4 is 4.90 Å². The Morgan fingerprint density at radius 2 is 1.75 bits per heavy atom. The molecule has 0 radical (unpaired) electrons. The minimum atomic E-state index is 0.291. The summed E-state index contributed by atoms with van der Waals surface area (Å²) in [4.78, 5) is 23.9. The van der Waals surface area contributed by atoms with Crippen LogP contribution in [-0.4, -0.2) is 35.0 Å². The molecule has 0 bridgehead atoms. The Bertz CT molecular complexity index is 1180. The minimum absolute atomic E-state index is 0.291. The van der Waals surface area contributed by atoms with Crippen molar-refractivity contribution in [3.8, 4) is 5.75 Å². The molecule has 0 saturated heterocycles. The van der Waals surface area contributed by atoms with Crippen LogP contribution in [0.2, 0.25) is 0 Å². The molecule has 0 atom stereocenters. The zero-order valence-corrected chi connectivity index (χ0v) is 21.7. The number of fused-ring (bicyclic) bond motifs is 1. The molecule has 0 aliphatic heterocycles. The molecular weight excluding hydrogens is 446 g/mol. The topological polar surface area (TPSA) is 66.3 Å². The van der Waals surface area contributed by atoms with Gasteiger partial charge in [0.15, 0.2) is 0 Å². The molecular formula is C31H39N3O2. The Balaban J connectivity index is 1.16. The van der Waals surface area contributed by atoms with Crippen molar-refractivity contribution >= 4 is 22.5 Å². The molecule has 1 aliphatic rings. The fourth-order valence-corrected chi connectivity index (χ4v) is 5.28. The normalized spacial score (nSPS) is 18.1. The first-order valence-corrected chi connectivity index (χ1v) is 13.4. The van der Waals surface area contributed by atoms with Gasteiger partial charge >= 0.3 is 0 Å². The summed E-state index contributed by atoms with van der Waals surface area (Å²) in [5, 5.41) is 10.9. The zero-order valence-electron chi connectivity index (χ0n) is 21.7.